The molecule has 0 spiro atoms. The first kappa shape index (κ1) is 14.8. The average Bonchev–Trinajstić information content (AvgIpc) is 2.53. The second-order valence-electron chi connectivity index (χ2n) is 7.01. The van der Waals surface area contributed by atoms with E-state index in [9.17, 15) is 4.79 Å². The highest BCUT2D eigenvalue weighted by Crippen LogP contribution is 2.38. The van der Waals surface area contributed by atoms with Gasteiger partial charge in [-0.3, -0.25) is 4.79 Å². The Bertz CT molecular complexity index is 576. The van der Waals surface area contributed by atoms with Crippen molar-refractivity contribution in [3.63, 3.8) is 0 Å². The zero-order valence-electron chi connectivity index (χ0n) is 13.4. The summed E-state index contributed by atoms with van der Waals surface area (Å²) in [6.45, 7) is 12.7. The zero-order chi connectivity index (χ0) is 15.1. The van der Waals surface area contributed by atoms with E-state index >= 15 is 0 Å². The largest absolute Gasteiger partial charge is 0.380 e. The Morgan fingerprint density at radius 1 is 1.20 bits per heavy atom. The predicted molar refractivity (Wildman–Crippen MR) is 85.9 cm³/mol. The lowest BCUT2D eigenvalue weighted by atomic mass is 9.96. The molecule has 0 aromatic heterocycles. The van der Waals surface area contributed by atoms with Crippen molar-refractivity contribution in [3.05, 3.63) is 34.9 Å². The maximum absolute atomic E-state index is 12.3. The second kappa shape index (κ2) is 5.08. The number of hydrogen-bond donors (Lipinski definition) is 1. The van der Waals surface area contributed by atoms with Crippen LogP contribution in [0, 0.1) is 12.8 Å². The minimum absolute atomic E-state index is 0.0235. The lowest BCUT2D eigenvalue weighted by molar-refractivity contribution is -0.113. The van der Waals surface area contributed by atoms with Gasteiger partial charge in [0.15, 0.2) is 5.78 Å². The maximum Gasteiger partial charge on any atom is 0.164 e. The zero-order valence-corrected chi connectivity index (χ0v) is 13.4. The SMILES string of the molecule is CC1=C(c2ccc(C)cc2NC(C)(C)C)C(=O)CC1C. The number of carbonyl (C=O) groups is 1. The molecule has 0 saturated heterocycles. The van der Waals surface area contributed by atoms with E-state index in [1.54, 1.807) is 0 Å². The summed E-state index contributed by atoms with van der Waals surface area (Å²) in [5.74, 6) is 0.636. The molecule has 1 atom stereocenters. The number of benzene rings is 1. The molecule has 1 unspecified atom stereocenters. The molecule has 2 nitrogen and oxygen atoms in total. The third-order valence-electron chi connectivity index (χ3n) is 3.86. The molecule has 1 N–H and O–H groups in total. The van der Waals surface area contributed by atoms with Gasteiger partial charge in [-0.15, -0.1) is 0 Å². The van der Waals surface area contributed by atoms with E-state index in [2.05, 4.69) is 65.1 Å². The molecule has 1 aliphatic rings. The van der Waals surface area contributed by atoms with Crippen LogP contribution in [0.15, 0.2) is 23.8 Å². The van der Waals surface area contributed by atoms with E-state index in [1.165, 1.54) is 11.1 Å². The molecule has 108 valence electrons. The summed E-state index contributed by atoms with van der Waals surface area (Å²) < 4.78 is 0. The van der Waals surface area contributed by atoms with E-state index in [1.807, 2.05) is 0 Å². The Balaban J connectivity index is 2.55. The van der Waals surface area contributed by atoms with Gasteiger partial charge in [0.1, 0.15) is 0 Å². The van der Waals surface area contributed by atoms with Gasteiger partial charge in [-0.2, -0.15) is 0 Å². The Kier molecular flexibility index (Phi) is 3.77. The van der Waals surface area contributed by atoms with Crippen LogP contribution >= 0.6 is 0 Å². The minimum atomic E-state index is -0.0235. The molecule has 1 aromatic carbocycles. The van der Waals surface area contributed by atoms with Crippen LogP contribution in [0.1, 0.15) is 52.2 Å². The summed E-state index contributed by atoms with van der Waals surface area (Å²) in [6.07, 6.45) is 0.643. The van der Waals surface area contributed by atoms with Crippen LogP contribution < -0.4 is 5.32 Å². The number of ketones is 1. The number of aryl methyl sites for hydroxylation is 1. The van der Waals surface area contributed by atoms with Gasteiger partial charge in [0.2, 0.25) is 0 Å². The molecule has 1 aromatic rings. The van der Waals surface area contributed by atoms with Crippen molar-refractivity contribution in [2.75, 3.05) is 5.32 Å². The van der Waals surface area contributed by atoms with Crippen LogP contribution in [-0.4, -0.2) is 11.3 Å². The Morgan fingerprint density at radius 3 is 2.35 bits per heavy atom. The first-order valence-corrected chi connectivity index (χ1v) is 7.32. The van der Waals surface area contributed by atoms with Crippen LogP contribution in [-0.2, 0) is 4.79 Å². The van der Waals surface area contributed by atoms with Crippen LogP contribution in [0.4, 0.5) is 5.69 Å². The monoisotopic (exact) mass is 271 g/mol. The molecule has 0 saturated carbocycles. The molecular weight excluding hydrogens is 246 g/mol. The van der Waals surface area contributed by atoms with Crippen molar-refractivity contribution in [2.45, 2.75) is 53.5 Å². The smallest absolute Gasteiger partial charge is 0.164 e. The Hall–Kier alpha value is -1.57. The van der Waals surface area contributed by atoms with Crippen LogP contribution in [0.5, 0.6) is 0 Å². The molecule has 0 heterocycles. The summed E-state index contributed by atoms with van der Waals surface area (Å²) in [5, 5.41) is 3.54. The summed E-state index contributed by atoms with van der Waals surface area (Å²) in [5.41, 5.74) is 5.44. The number of hydrogen-bond acceptors (Lipinski definition) is 2. The molecule has 0 bridgehead atoms. The number of nitrogens with one attached hydrogen (secondary N) is 1. The summed E-state index contributed by atoms with van der Waals surface area (Å²) in [6, 6.07) is 6.30. The molecule has 0 aliphatic heterocycles. The molecular formula is C18H25NO. The highest BCUT2D eigenvalue weighted by Gasteiger charge is 2.29. The van der Waals surface area contributed by atoms with Gasteiger partial charge in [-0.05, 0) is 52.2 Å². The standard InChI is InChI=1S/C18H25NO/c1-11-7-8-14(15(9-11)19-18(4,5)6)17-13(3)12(2)10-16(17)20/h7-9,12,19H,10H2,1-6H3. The molecule has 0 amide bonds. The fraction of sp³-hybridized carbons (Fsp3) is 0.500. The maximum atomic E-state index is 12.3. The second-order valence-corrected chi connectivity index (χ2v) is 7.01. The Labute approximate surface area is 122 Å². The van der Waals surface area contributed by atoms with E-state index < -0.39 is 0 Å². The third-order valence-corrected chi connectivity index (χ3v) is 3.86. The Morgan fingerprint density at radius 2 is 1.85 bits per heavy atom. The van der Waals surface area contributed by atoms with Gasteiger partial charge in [0.05, 0.1) is 0 Å². The molecule has 20 heavy (non-hydrogen) atoms. The van der Waals surface area contributed by atoms with Gasteiger partial charge < -0.3 is 5.32 Å². The van der Waals surface area contributed by atoms with Crippen LogP contribution in [0.3, 0.4) is 0 Å². The molecule has 0 radical (unpaired) electrons. The van der Waals surface area contributed by atoms with E-state index in [4.69, 9.17) is 0 Å². The van der Waals surface area contributed by atoms with Crippen molar-refractivity contribution in [3.8, 4) is 0 Å². The number of anilines is 1. The molecule has 1 aliphatic carbocycles. The van der Waals surface area contributed by atoms with E-state index in [-0.39, 0.29) is 11.3 Å². The number of carbonyl (C=O) groups excluding carboxylic acids is 1. The quantitative estimate of drug-likeness (QED) is 0.852. The number of allylic oxidation sites excluding steroid dienone is 2. The van der Waals surface area contributed by atoms with Gasteiger partial charge in [-0.1, -0.05) is 24.6 Å². The van der Waals surface area contributed by atoms with E-state index in [0.717, 1.165) is 16.8 Å². The predicted octanol–water partition coefficient (Wildman–Crippen LogP) is 4.59. The lowest BCUT2D eigenvalue weighted by Crippen LogP contribution is -2.27. The number of rotatable bonds is 2. The lowest BCUT2D eigenvalue weighted by Gasteiger charge is -2.25. The van der Waals surface area contributed by atoms with Crippen molar-refractivity contribution in [1.29, 1.82) is 0 Å². The molecule has 2 heteroatoms. The topological polar surface area (TPSA) is 29.1 Å². The highest BCUT2D eigenvalue weighted by atomic mass is 16.1. The van der Waals surface area contributed by atoms with Gasteiger partial charge in [-0.25, -0.2) is 0 Å². The van der Waals surface area contributed by atoms with Crippen molar-refractivity contribution >= 4 is 17.0 Å². The van der Waals surface area contributed by atoms with Crippen molar-refractivity contribution in [1.82, 2.24) is 0 Å². The highest BCUT2D eigenvalue weighted by molar-refractivity contribution is 6.25. The van der Waals surface area contributed by atoms with Crippen LogP contribution in [0.25, 0.3) is 5.57 Å². The summed E-state index contributed by atoms with van der Waals surface area (Å²) in [7, 11) is 0. The fourth-order valence-corrected chi connectivity index (χ4v) is 2.75. The molecule has 0 fully saturated rings. The average molecular weight is 271 g/mol. The number of Topliss-reactive ketones (excluding diaryl/α,β-unsaturated/α-hetero) is 1. The van der Waals surface area contributed by atoms with Crippen molar-refractivity contribution < 1.29 is 4.79 Å². The van der Waals surface area contributed by atoms with Crippen molar-refractivity contribution in [2.24, 2.45) is 5.92 Å². The van der Waals surface area contributed by atoms with Gasteiger partial charge in [0.25, 0.3) is 0 Å². The first-order chi connectivity index (χ1) is 9.19. The minimum Gasteiger partial charge on any atom is -0.380 e. The van der Waals surface area contributed by atoms with E-state index in [0.29, 0.717) is 12.3 Å². The first-order valence-electron chi connectivity index (χ1n) is 7.32. The van der Waals surface area contributed by atoms with Gasteiger partial charge >= 0.3 is 0 Å². The normalized spacial score (nSPS) is 19.7. The summed E-state index contributed by atoms with van der Waals surface area (Å²) in [4.78, 5) is 12.3. The van der Waals surface area contributed by atoms with Crippen LogP contribution in [0.2, 0.25) is 0 Å². The fourth-order valence-electron chi connectivity index (χ4n) is 2.75. The van der Waals surface area contributed by atoms with Gasteiger partial charge in [0, 0.05) is 28.8 Å². The summed E-state index contributed by atoms with van der Waals surface area (Å²) >= 11 is 0. The molecule has 2 rings (SSSR count). The third kappa shape index (κ3) is 2.95.